The fourth-order valence-electron chi connectivity index (χ4n) is 1.24. The molecule has 6 heteroatoms. The summed E-state index contributed by atoms with van der Waals surface area (Å²) in [5, 5.41) is 3.06. The summed E-state index contributed by atoms with van der Waals surface area (Å²) >= 11 is 0. The summed E-state index contributed by atoms with van der Waals surface area (Å²) in [4.78, 5) is 19.1. The van der Waals surface area contributed by atoms with Crippen LogP contribution in [0.5, 0.6) is 0 Å². The molecule has 0 aliphatic heterocycles. The monoisotopic (exact) mass is 233 g/mol. The second-order valence-corrected chi connectivity index (χ2v) is 3.20. The molecule has 2 heterocycles. The maximum absolute atomic E-state index is 11.1. The lowest BCUT2D eigenvalue weighted by Gasteiger charge is -2.03. The van der Waals surface area contributed by atoms with Gasteiger partial charge in [0.05, 0.1) is 31.7 Å². The van der Waals surface area contributed by atoms with Gasteiger partial charge in [-0.2, -0.15) is 0 Å². The SMILES string of the molecule is COC(=O)c1ccc(NCc2ncco2)cn1. The van der Waals surface area contributed by atoms with E-state index in [9.17, 15) is 4.79 Å². The second-order valence-electron chi connectivity index (χ2n) is 3.20. The molecule has 2 aromatic heterocycles. The van der Waals surface area contributed by atoms with Gasteiger partial charge < -0.3 is 14.5 Å². The number of nitrogens with zero attached hydrogens (tertiary/aromatic N) is 2. The molecule has 0 spiro atoms. The van der Waals surface area contributed by atoms with Crippen LogP contribution in [0.25, 0.3) is 0 Å². The number of carbonyl (C=O) groups is 1. The summed E-state index contributed by atoms with van der Waals surface area (Å²) in [5.41, 5.74) is 1.05. The lowest BCUT2D eigenvalue weighted by Crippen LogP contribution is -2.05. The first-order valence-corrected chi connectivity index (χ1v) is 4.96. The molecule has 0 bridgehead atoms. The summed E-state index contributed by atoms with van der Waals surface area (Å²) in [6.45, 7) is 0.465. The normalized spacial score (nSPS) is 9.94. The van der Waals surface area contributed by atoms with Gasteiger partial charge in [-0.15, -0.1) is 0 Å². The molecule has 0 saturated heterocycles. The van der Waals surface area contributed by atoms with E-state index >= 15 is 0 Å². The van der Waals surface area contributed by atoms with Crippen LogP contribution in [-0.2, 0) is 11.3 Å². The summed E-state index contributed by atoms with van der Waals surface area (Å²) in [6, 6.07) is 3.33. The van der Waals surface area contributed by atoms with Crippen LogP contribution in [-0.4, -0.2) is 23.0 Å². The van der Waals surface area contributed by atoms with Crippen LogP contribution < -0.4 is 5.32 Å². The Morgan fingerprint density at radius 1 is 1.47 bits per heavy atom. The maximum atomic E-state index is 11.1. The Hall–Kier alpha value is -2.37. The van der Waals surface area contributed by atoms with Gasteiger partial charge in [-0.1, -0.05) is 0 Å². The van der Waals surface area contributed by atoms with Crippen molar-refractivity contribution in [2.24, 2.45) is 0 Å². The van der Waals surface area contributed by atoms with Gasteiger partial charge in [-0.25, -0.2) is 14.8 Å². The lowest BCUT2D eigenvalue weighted by molar-refractivity contribution is 0.0594. The minimum Gasteiger partial charge on any atom is -0.464 e. The van der Waals surface area contributed by atoms with Crippen molar-refractivity contribution in [3.8, 4) is 0 Å². The van der Waals surface area contributed by atoms with Crippen LogP contribution in [0.4, 0.5) is 5.69 Å². The zero-order chi connectivity index (χ0) is 12.1. The molecule has 0 radical (unpaired) electrons. The summed E-state index contributed by atoms with van der Waals surface area (Å²) in [6.07, 6.45) is 4.64. The third-order valence-corrected chi connectivity index (χ3v) is 2.09. The Morgan fingerprint density at radius 2 is 2.35 bits per heavy atom. The molecule has 17 heavy (non-hydrogen) atoms. The molecule has 0 atom stereocenters. The number of nitrogens with one attached hydrogen (secondary N) is 1. The van der Waals surface area contributed by atoms with E-state index in [1.165, 1.54) is 13.4 Å². The summed E-state index contributed by atoms with van der Waals surface area (Å²) in [5.74, 6) is 0.131. The second kappa shape index (κ2) is 5.11. The molecule has 6 nitrogen and oxygen atoms in total. The number of pyridine rings is 1. The number of esters is 1. The first kappa shape index (κ1) is 11.1. The van der Waals surface area contributed by atoms with Crippen molar-refractivity contribution in [1.29, 1.82) is 0 Å². The number of anilines is 1. The first-order chi connectivity index (χ1) is 8.29. The quantitative estimate of drug-likeness (QED) is 0.806. The number of hydrogen-bond donors (Lipinski definition) is 1. The van der Waals surface area contributed by atoms with E-state index in [1.807, 2.05) is 0 Å². The maximum Gasteiger partial charge on any atom is 0.356 e. The standard InChI is InChI=1S/C11H11N3O3/c1-16-11(15)9-3-2-8(6-14-9)13-7-10-12-4-5-17-10/h2-6,13H,7H2,1H3. The fraction of sp³-hybridized carbons (Fsp3) is 0.182. The van der Waals surface area contributed by atoms with Gasteiger partial charge in [0.2, 0.25) is 5.89 Å². The topological polar surface area (TPSA) is 77.2 Å². The number of rotatable bonds is 4. The Balaban J connectivity index is 1.96. The zero-order valence-electron chi connectivity index (χ0n) is 9.21. The molecule has 0 amide bonds. The van der Waals surface area contributed by atoms with Crippen molar-refractivity contribution in [1.82, 2.24) is 9.97 Å². The zero-order valence-corrected chi connectivity index (χ0v) is 9.21. The largest absolute Gasteiger partial charge is 0.464 e. The predicted molar refractivity (Wildman–Crippen MR) is 59.4 cm³/mol. The smallest absolute Gasteiger partial charge is 0.356 e. The highest BCUT2D eigenvalue weighted by Gasteiger charge is 2.06. The van der Waals surface area contributed by atoms with Gasteiger partial charge in [0.1, 0.15) is 12.0 Å². The van der Waals surface area contributed by atoms with Crippen molar-refractivity contribution in [2.45, 2.75) is 6.54 Å². The fourth-order valence-corrected chi connectivity index (χ4v) is 1.24. The third-order valence-electron chi connectivity index (χ3n) is 2.09. The summed E-state index contributed by atoms with van der Waals surface area (Å²) < 4.78 is 9.61. The molecule has 0 unspecified atom stereocenters. The van der Waals surface area contributed by atoms with Crippen LogP contribution in [0.2, 0.25) is 0 Å². The lowest BCUT2D eigenvalue weighted by atomic mass is 10.3. The number of carbonyl (C=O) groups excluding carboxylic acids is 1. The molecule has 0 aromatic carbocycles. The number of hydrogen-bond acceptors (Lipinski definition) is 6. The Kier molecular flexibility index (Phi) is 3.34. The number of methoxy groups -OCH3 is 1. The van der Waals surface area contributed by atoms with E-state index in [-0.39, 0.29) is 5.69 Å². The van der Waals surface area contributed by atoms with Gasteiger partial charge in [0.25, 0.3) is 0 Å². The Morgan fingerprint density at radius 3 is 2.94 bits per heavy atom. The van der Waals surface area contributed by atoms with Crippen LogP contribution in [0.15, 0.2) is 35.2 Å². The number of ether oxygens (including phenoxy) is 1. The van der Waals surface area contributed by atoms with E-state index in [1.54, 1.807) is 24.5 Å². The molecule has 1 N–H and O–H groups in total. The average Bonchev–Trinajstić information content (AvgIpc) is 2.89. The minimum absolute atomic E-state index is 0.272. The van der Waals surface area contributed by atoms with Crippen LogP contribution in [0, 0.1) is 0 Å². The molecule has 88 valence electrons. The van der Waals surface area contributed by atoms with Gasteiger partial charge in [0.15, 0.2) is 0 Å². The van der Waals surface area contributed by atoms with Crippen molar-refractivity contribution in [3.05, 3.63) is 42.4 Å². The van der Waals surface area contributed by atoms with Gasteiger partial charge >= 0.3 is 5.97 Å². The van der Waals surface area contributed by atoms with E-state index in [2.05, 4.69) is 20.0 Å². The average molecular weight is 233 g/mol. The number of aromatic nitrogens is 2. The van der Waals surface area contributed by atoms with Crippen molar-refractivity contribution in [3.63, 3.8) is 0 Å². The molecule has 0 aliphatic carbocycles. The van der Waals surface area contributed by atoms with E-state index in [0.29, 0.717) is 12.4 Å². The van der Waals surface area contributed by atoms with E-state index in [4.69, 9.17) is 4.42 Å². The Labute approximate surface area is 97.6 Å². The highest BCUT2D eigenvalue weighted by molar-refractivity contribution is 5.87. The molecule has 0 fully saturated rings. The van der Waals surface area contributed by atoms with Gasteiger partial charge in [-0.05, 0) is 12.1 Å². The molecular formula is C11H11N3O3. The van der Waals surface area contributed by atoms with Crippen molar-refractivity contribution in [2.75, 3.05) is 12.4 Å². The van der Waals surface area contributed by atoms with Crippen LogP contribution in [0.3, 0.4) is 0 Å². The summed E-state index contributed by atoms with van der Waals surface area (Å²) in [7, 11) is 1.32. The third kappa shape index (κ3) is 2.81. The predicted octanol–water partition coefficient (Wildman–Crippen LogP) is 1.47. The van der Waals surface area contributed by atoms with E-state index in [0.717, 1.165) is 5.69 Å². The minimum atomic E-state index is -0.454. The number of oxazole rings is 1. The van der Waals surface area contributed by atoms with E-state index < -0.39 is 5.97 Å². The first-order valence-electron chi connectivity index (χ1n) is 4.96. The molecular weight excluding hydrogens is 222 g/mol. The van der Waals surface area contributed by atoms with Gasteiger partial charge in [0, 0.05) is 0 Å². The van der Waals surface area contributed by atoms with Crippen molar-refractivity contribution < 1.29 is 13.9 Å². The molecule has 2 rings (SSSR count). The molecule has 0 saturated carbocycles. The van der Waals surface area contributed by atoms with Gasteiger partial charge in [-0.3, -0.25) is 0 Å². The Bertz CT molecular complexity index is 479. The highest BCUT2D eigenvalue weighted by atomic mass is 16.5. The van der Waals surface area contributed by atoms with Crippen LogP contribution in [0.1, 0.15) is 16.4 Å². The van der Waals surface area contributed by atoms with Crippen LogP contribution >= 0.6 is 0 Å². The molecule has 2 aromatic rings. The molecule has 0 aliphatic rings. The highest BCUT2D eigenvalue weighted by Crippen LogP contribution is 2.08. The van der Waals surface area contributed by atoms with Crippen molar-refractivity contribution >= 4 is 11.7 Å².